The second kappa shape index (κ2) is 8.07. The molecular formula is C17H18N4OS3. The van der Waals surface area contributed by atoms with Crippen molar-refractivity contribution >= 4 is 45.5 Å². The number of nitrogens with one attached hydrogen (secondary N) is 1. The summed E-state index contributed by atoms with van der Waals surface area (Å²) in [7, 11) is 0. The minimum absolute atomic E-state index is 0.185. The Balaban J connectivity index is 1.77. The molecule has 0 aliphatic carbocycles. The molecule has 0 aliphatic heterocycles. The fraction of sp³-hybridized carbons (Fsp3) is 0.294. The molecule has 0 bridgehead atoms. The molecule has 8 heteroatoms. The summed E-state index contributed by atoms with van der Waals surface area (Å²) in [5.74, 6) is 0.743. The van der Waals surface area contributed by atoms with E-state index < -0.39 is 0 Å². The lowest BCUT2D eigenvalue weighted by Crippen LogP contribution is -2.11. The molecular weight excluding hydrogens is 372 g/mol. The van der Waals surface area contributed by atoms with Crippen LogP contribution in [0.3, 0.4) is 0 Å². The molecule has 3 rings (SSSR count). The second-order valence-corrected chi connectivity index (χ2v) is 8.73. The molecule has 0 fully saturated rings. The van der Waals surface area contributed by atoms with Crippen LogP contribution in [0.5, 0.6) is 0 Å². The molecule has 1 aromatic carbocycles. The summed E-state index contributed by atoms with van der Waals surface area (Å²) < 4.78 is 0.857. The van der Waals surface area contributed by atoms with Crippen molar-refractivity contribution in [2.24, 2.45) is 0 Å². The third kappa shape index (κ3) is 4.26. The monoisotopic (exact) mass is 390 g/mol. The first-order chi connectivity index (χ1) is 12.1. The number of thiazole rings is 1. The highest BCUT2D eigenvalue weighted by Gasteiger charge is 2.18. The fourth-order valence-electron chi connectivity index (χ4n) is 2.21. The van der Waals surface area contributed by atoms with Crippen LogP contribution in [0.15, 0.2) is 28.6 Å². The molecule has 130 valence electrons. The molecule has 1 N–H and O–H groups in total. The summed E-state index contributed by atoms with van der Waals surface area (Å²) in [4.78, 5) is 17.7. The average molecular weight is 391 g/mol. The summed E-state index contributed by atoms with van der Waals surface area (Å²) in [5, 5.41) is 12.3. The Morgan fingerprint density at radius 1 is 1.16 bits per heavy atom. The van der Waals surface area contributed by atoms with E-state index in [1.807, 2.05) is 6.92 Å². The van der Waals surface area contributed by atoms with E-state index in [0.29, 0.717) is 10.0 Å². The van der Waals surface area contributed by atoms with Gasteiger partial charge in [0.2, 0.25) is 5.13 Å². The number of hydrogen-bond acceptors (Lipinski definition) is 7. The Bertz CT molecular complexity index is 870. The Hall–Kier alpha value is -1.77. The van der Waals surface area contributed by atoms with Crippen molar-refractivity contribution in [2.75, 3.05) is 11.1 Å². The van der Waals surface area contributed by atoms with Crippen LogP contribution in [0.25, 0.3) is 10.6 Å². The summed E-state index contributed by atoms with van der Waals surface area (Å²) in [6.07, 6.45) is 1.00. The van der Waals surface area contributed by atoms with Crippen molar-refractivity contribution in [1.82, 2.24) is 15.2 Å². The molecule has 0 atom stereocenters. The third-order valence-corrected chi connectivity index (χ3v) is 6.57. The Labute approximate surface area is 158 Å². The molecule has 25 heavy (non-hydrogen) atoms. The number of hydrogen-bond donors (Lipinski definition) is 1. The fourth-order valence-corrected chi connectivity index (χ4v) is 4.82. The first-order valence-electron chi connectivity index (χ1n) is 7.95. The lowest BCUT2D eigenvalue weighted by molar-refractivity contribution is 0.102. The molecule has 2 heterocycles. The highest BCUT2D eigenvalue weighted by Crippen LogP contribution is 2.30. The van der Waals surface area contributed by atoms with Gasteiger partial charge in [0.15, 0.2) is 4.34 Å². The van der Waals surface area contributed by atoms with Gasteiger partial charge >= 0.3 is 0 Å². The third-order valence-electron chi connectivity index (χ3n) is 3.51. The molecule has 1 amide bonds. The Morgan fingerprint density at radius 3 is 2.60 bits per heavy atom. The van der Waals surface area contributed by atoms with Gasteiger partial charge in [-0.3, -0.25) is 10.1 Å². The van der Waals surface area contributed by atoms with Gasteiger partial charge in [0.25, 0.3) is 5.91 Å². The van der Waals surface area contributed by atoms with E-state index in [2.05, 4.69) is 58.6 Å². The van der Waals surface area contributed by atoms with Crippen LogP contribution >= 0.6 is 34.4 Å². The van der Waals surface area contributed by atoms with Crippen LogP contribution < -0.4 is 5.32 Å². The summed E-state index contributed by atoms with van der Waals surface area (Å²) in [6, 6.07) is 8.30. The van der Waals surface area contributed by atoms with Crippen LogP contribution in [-0.2, 0) is 6.42 Å². The van der Waals surface area contributed by atoms with E-state index in [1.54, 1.807) is 11.8 Å². The van der Waals surface area contributed by atoms with E-state index in [4.69, 9.17) is 0 Å². The van der Waals surface area contributed by atoms with Crippen LogP contribution in [0.1, 0.15) is 34.8 Å². The maximum absolute atomic E-state index is 12.5. The predicted octanol–water partition coefficient (Wildman–Crippen LogP) is 4.90. The van der Waals surface area contributed by atoms with Crippen LogP contribution in [0.4, 0.5) is 5.13 Å². The summed E-state index contributed by atoms with van der Waals surface area (Å²) in [6.45, 7) is 6.04. The SMILES string of the molecule is CCSc1nnc(NC(=O)c2sc(-c3ccc(CC)cc3)nc2C)s1. The largest absolute Gasteiger partial charge is 0.296 e. The van der Waals surface area contributed by atoms with Crippen molar-refractivity contribution in [2.45, 2.75) is 31.5 Å². The normalized spacial score (nSPS) is 10.8. The standard InChI is InChI=1S/C17H18N4OS3/c1-4-11-6-8-12(9-7-11)15-18-10(3)13(24-15)14(22)19-16-20-21-17(25-16)23-5-2/h6-9H,4-5H2,1-3H3,(H,19,20,22). The number of rotatable bonds is 6. The lowest BCUT2D eigenvalue weighted by Gasteiger charge is -1.99. The Kier molecular flexibility index (Phi) is 5.82. The molecule has 2 aromatic heterocycles. The topological polar surface area (TPSA) is 67.8 Å². The van der Waals surface area contributed by atoms with E-state index in [-0.39, 0.29) is 5.91 Å². The molecule has 0 saturated carbocycles. The number of amides is 1. The second-order valence-electron chi connectivity index (χ2n) is 5.24. The van der Waals surface area contributed by atoms with Gasteiger partial charge in [-0.05, 0) is 24.7 Å². The number of carbonyl (C=O) groups excluding carboxylic acids is 1. The van der Waals surface area contributed by atoms with Gasteiger partial charge in [-0.25, -0.2) is 4.98 Å². The number of aryl methyl sites for hydroxylation is 2. The van der Waals surface area contributed by atoms with Gasteiger partial charge in [0.1, 0.15) is 9.88 Å². The number of anilines is 1. The van der Waals surface area contributed by atoms with E-state index in [9.17, 15) is 4.79 Å². The highest BCUT2D eigenvalue weighted by atomic mass is 32.2. The predicted molar refractivity (Wildman–Crippen MR) is 106 cm³/mol. The number of aromatic nitrogens is 3. The summed E-state index contributed by atoms with van der Waals surface area (Å²) in [5.41, 5.74) is 3.04. The molecule has 0 unspecified atom stereocenters. The molecule has 0 radical (unpaired) electrons. The molecule has 3 aromatic rings. The zero-order valence-electron chi connectivity index (χ0n) is 14.2. The van der Waals surface area contributed by atoms with Gasteiger partial charge in [0, 0.05) is 5.56 Å². The first-order valence-corrected chi connectivity index (χ1v) is 10.6. The van der Waals surface area contributed by atoms with Gasteiger partial charge in [-0.1, -0.05) is 61.2 Å². The van der Waals surface area contributed by atoms with Crippen LogP contribution in [-0.4, -0.2) is 26.8 Å². The minimum Gasteiger partial charge on any atom is -0.296 e. The van der Waals surface area contributed by atoms with Gasteiger partial charge < -0.3 is 0 Å². The first kappa shape index (κ1) is 18.0. The smallest absolute Gasteiger partial charge is 0.269 e. The zero-order valence-corrected chi connectivity index (χ0v) is 16.6. The maximum Gasteiger partial charge on any atom is 0.269 e. The molecule has 5 nitrogen and oxygen atoms in total. The molecule has 0 spiro atoms. The minimum atomic E-state index is -0.185. The van der Waals surface area contributed by atoms with Gasteiger partial charge in [-0.2, -0.15) is 0 Å². The van der Waals surface area contributed by atoms with Crippen molar-refractivity contribution in [1.29, 1.82) is 0 Å². The van der Waals surface area contributed by atoms with Gasteiger partial charge in [-0.15, -0.1) is 21.5 Å². The maximum atomic E-state index is 12.5. The van der Waals surface area contributed by atoms with Crippen LogP contribution in [0.2, 0.25) is 0 Å². The number of carbonyl (C=O) groups is 1. The number of thioether (sulfide) groups is 1. The molecule has 0 aliphatic rings. The van der Waals surface area contributed by atoms with Crippen molar-refractivity contribution in [3.63, 3.8) is 0 Å². The number of nitrogens with zero attached hydrogens (tertiary/aromatic N) is 3. The quantitative estimate of drug-likeness (QED) is 0.479. The van der Waals surface area contributed by atoms with Gasteiger partial charge in [0.05, 0.1) is 5.69 Å². The van der Waals surface area contributed by atoms with Crippen molar-refractivity contribution in [3.05, 3.63) is 40.4 Å². The average Bonchev–Trinajstić information content (AvgIpc) is 3.22. The summed E-state index contributed by atoms with van der Waals surface area (Å²) >= 11 is 4.40. The zero-order chi connectivity index (χ0) is 17.8. The van der Waals surface area contributed by atoms with E-state index in [0.717, 1.165) is 32.8 Å². The van der Waals surface area contributed by atoms with E-state index in [1.165, 1.54) is 28.2 Å². The van der Waals surface area contributed by atoms with Crippen molar-refractivity contribution < 1.29 is 4.79 Å². The van der Waals surface area contributed by atoms with Crippen LogP contribution in [0, 0.1) is 6.92 Å². The highest BCUT2D eigenvalue weighted by molar-refractivity contribution is 8.01. The molecule has 0 saturated heterocycles. The van der Waals surface area contributed by atoms with Crippen molar-refractivity contribution in [3.8, 4) is 10.6 Å². The number of benzene rings is 1. The van der Waals surface area contributed by atoms with E-state index >= 15 is 0 Å². The Morgan fingerprint density at radius 2 is 1.92 bits per heavy atom. The lowest BCUT2D eigenvalue weighted by atomic mass is 10.1.